The number of aromatic amines is 3. The second-order valence-electron chi connectivity index (χ2n) is 14.8. The summed E-state index contributed by atoms with van der Waals surface area (Å²) in [6.45, 7) is 3.92. The number of hydrogen-bond acceptors (Lipinski definition) is 6. The average molecular weight is 674 g/mol. The van der Waals surface area contributed by atoms with Gasteiger partial charge in [-0.05, 0) is 109 Å². The zero-order valence-electron chi connectivity index (χ0n) is 29.7. The van der Waals surface area contributed by atoms with Crippen LogP contribution in [0.15, 0.2) is 48.8 Å². The Morgan fingerprint density at radius 2 is 1.48 bits per heavy atom. The predicted octanol–water partition coefficient (Wildman–Crippen LogP) is 5.55. The van der Waals surface area contributed by atoms with Gasteiger partial charge in [0.15, 0.2) is 0 Å². The molecule has 0 saturated carbocycles. The molecule has 3 aromatic heterocycles. The van der Waals surface area contributed by atoms with Crippen molar-refractivity contribution in [3.63, 3.8) is 0 Å². The molecule has 0 unspecified atom stereocenters. The second-order valence-corrected chi connectivity index (χ2v) is 14.8. The summed E-state index contributed by atoms with van der Waals surface area (Å²) in [7, 11) is 7.76. The van der Waals surface area contributed by atoms with Gasteiger partial charge in [0.2, 0.25) is 11.8 Å². The summed E-state index contributed by atoms with van der Waals surface area (Å²) in [6, 6.07) is 13.1. The summed E-state index contributed by atoms with van der Waals surface area (Å²) in [4.78, 5) is 54.3. The number of aryl methyl sites for hydroxylation is 2. The Labute approximate surface area is 293 Å². The lowest BCUT2D eigenvalue weighted by molar-refractivity contribution is -0.136. The number of H-pyrrole nitrogens is 3. The molecule has 0 bridgehead atoms. The first-order chi connectivity index (χ1) is 24.2. The van der Waals surface area contributed by atoms with Gasteiger partial charge in [-0.1, -0.05) is 18.2 Å². The van der Waals surface area contributed by atoms with E-state index < -0.39 is 0 Å². The molecule has 0 radical (unpaired) electrons. The largest absolute Gasteiger partial charge is 0.354 e. The van der Waals surface area contributed by atoms with Crippen molar-refractivity contribution in [2.45, 2.75) is 63.6 Å². The zero-order chi connectivity index (χ0) is 34.7. The normalized spacial score (nSPS) is 19.5. The number of imidazole rings is 2. The van der Waals surface area contributed by atoms with Crippen LogP contribution < -0.4 is 0 Å². The predicted molar refractivity (Wildman–Crippen MR) is 195 cm³/mol. The van der Waals surface area contributed by atoms with Crippen LogP contribution in [0.3, 0.4) is 0 Å². The van der Waals surface area contributed by atoms with E-state index in [9.17, 15) is 9.59 Å². The van der Waals surface area contributed by atoms with Crippen molar-refractivity contribution in [1.82, 2.24) is 44.5 Å². The molecule has 2 amide bonds. The first-order valence-electron chi connectivity index (χ1n) is 18.0. The minimum absolute atomic E-state index is 0.000484. The molecule has 5 heterocycles. The number of likely N-dealkylation sites (N-methyl/N-ethyl adjacent to an activating group) is 2. The Morgan fingerprint density at radius 3 is 2.16 bits per heavy atom. The van der Waals surface area contributed by atoms with Gasteiger partial charge in [-0.3, -0.25) is 14.5 Å². The van der Waals surface area contributed by atoms with Gasteiger partial charge in [0.25, 0.3) is 0 Å². The number of fused-ring (bicyclic) bond motifs is 5. The van der Waals surface area contributed by atoms with Gasteiger partial charge in [0, 0.05) is 40.8 Å². The highest BCUT2D eigenvalue weighted by Gasteiger charge is 2.35. The first-order valence-corrected chi connectivity index (χ1v) is 18.0. The van der Waals surface area contributed by atoms with E-state index in [1.54, 1.807) is 0 Å². The molecule has 11 nitrogen and oxygen atoms in total. The van der Waals surface area contributed by atoms with E-state index in [0.29, 0.717) is 6.54 Å². The van der Waals surface area contributed by atoms with Crippen molar-refractivity contribution in [2.75, 3.05) is 47.8 Å². The van der Waals surface area contributed by atoms with Crippen LogP contribution in [0.4, 0.5) is 0 Å². The number of likely N-dealkylation sites (tertiary alicyclic amines) is 2. The molecule has 0 spiro atoms. The van der Waals surface area contributed by atoms with Crippen molar-refractivity contribution in [3.05, 3.63) is 71.6 Å². The Morgan fingerprint density at radius 1 is 0.840 bits per heavy atom. The molecular weight excluding hydrogens is 626 g/mol. The number of carbonyl (C=O) groups is 2. The number of amides is 2. The number of nitrogens with zero attached hydrogens (tertiary/aromatic N) is 6. The number of rotatable bonds is 8. The standard InChI is InChI=1S/C39H47N9O2/c1-23(46(4)5)39(50)48-17-7-9-34(48)38-41-21-32(44-38)26-12-15-30-29(19-26)28-14-10-24-18-25(11-13-27(24)36(28)42-30)31-20-40-37(43-31)33-8-6-16-47(33)35(49)22-45(2)3/h11-13,15,18-21,23,33-34,42H,6-10,14,16-17,22H2,1-5H3,(H,40,43)(H,41,44)/t23-,33+,34+/m1/s1. The molecule has 3 atom stereocenters. The minimum atomic E-state index is -0.165. The molecule has 5 aromatic rings. The van der Waals surface area contributed by atoms with Crippen LogP contribution in [0.1, 0.15) is 67.5 Å². The highest BCUT2D eigenvalue weighted by Crippen LogP contribution is 2.41. The van der Waals surface area contributed by atoms with E-state index in [2.05, 4.69) is 51.4 Å². The van der Waals surface area contributed by atoms with Gasteiger partial charge in [-0.2, -0.15) is 0 Å². The van der Waals surface area contributed by atoms with Crippen LogP contribution in [0, 0.1) is 0 Å². The quantitative estimate of drug-likeness (QED) is 0.199. The summed E-state index contributed by atoms with van der Waals surface area (Å²) in [6.07, 6.45) is 9.56. The first kappa shape index (κ1) is 32.5. The van der Waals surface area contributed by atoms with Crippen molar-refractivity contribution in [3.8, 4) is 33.8 Å². The fraction of sp³-hybridized carbons (Fsp3) is 0.436. The summed E-state index contributed by atoms with van der Waals surface area (Å²) in [5, 5.41) is 1.24. The van der Waals surface area contributed by atoms with Crippen LogP contribution in [-0.4, -0.2) is 110 Å². The van der Waals surface area contributed by atoms with E-state index in [0.717, 1.165) is 91.3 Å². The molecule has 50 heavy (non-hydrogen) atoms. The molecule has 11 heteroatoms. The van der Waals surface area contributed by atoms with Crippen LogP contribution in [0.25, 0.3) is 44.7 Å². The third kappa shape index (κ3) is 5.72. The Bertz CT molecular complexity index is 2070. The Balaban J connectivity index is 1.03. The summed E-state index contributed by atoms with van der Waals surface area (Å²) in [5.41, 5.74) is 10.4. The summed E-state index contributed by atoms with van der Waals surface area (Å²) in [5.74, 6) is 2.04. The maximum atomic E-state index is 13.2. The summed E-state index contributed by atoms with van der Waals surface area (Å²) >= 11 is 0. The Kier molecular flexibility index (Phi) is 8.35. The van der Waals surface area contributed by atoms with Gasteiger partial charge in [0.1, 0.15) is 11.6 Å². The monoisotopic (exact) mass is 673 g/mol. The zero-order valence-corrected chi connectivity index (χ0v) is 29.7. The number of benzene rings is 2. The molecular formula is C39H47N9O2. The highest BCUT2D eigenvalue weighted by molar-refractivity contribution is 5.95. The van der Waals surface area contributed by atoms with Crippen LogP contribution in [0.2, 0.25) is 0 Å². The van der Waals surface area contributed by atoms with Gasteiger partial charge in [-0.25, -0.2) is 9.97 Å². The van der Waals surface area contributed by atoms with Crippen molar-refractivity contribution < 1.29 is 9.59 Å². The van der Waals surface area contributed by atoms with Crippen molar-refractivity contribution >= 4 is 22.7 Å². The third-order valence-electron chi connectivity index (χ3n) is 11.1. The number of hydrogen-bond donors (Lipinski definition) is 3. The van der Waals surface area contributed by atoms with E-state index in [1.807, 2.05) is 67.1 Å². The molecule has 2 saturated heterocycles. The molecule has 8 rings (SSSR count). The van der Waals surface area contributed by atoms with Crippen LogP contribution >= 0.6 is 0 Å². The second kappa shape index (κ2) is 12.9. The Hall–Kier alpha value is -4.74. The maximum Gasteiger partial charge on any atom is 0.240 e. The molecule has 3 N–H and O–H groups in total. The fourth-order valence-corrected chi connectivity index (χ4v) is 8.17. The van der Waals surface area contributed by atoms with Gasteiger partial charge >= 0.3 is 0 Å². The smallest absolute Gasteiger partial charge is 0.240 e. The number of nitrogens with one attached hydrogen (secondary N) is 3. The van der Waals surface area contributed by atoms with E-state index in [1.165, 1.54) is 27.8 Å². The topological polar surface area (TPSA) is 120 Å². The van der Waals surface area contributed by atoms with E-state index >= 15 is 0 Å². The molecule has 1 aliphatic carbocycles. The fourth-order valence-electron chi connectivity index (χ4n) is 8.17. The van der Waals surface area contributed by atoms with Crippen molar-refractivity contribution in [1.29, 1.82) is 0 Å². The van der Waals surface area contributed by atoms with Gasteiger partial charge in [-0.15, -0.1) is 0 Å². The third-order valence-corrected chi connectivity index (χ3v) is 11.1. The lowest BCUT2D eigenvalue weighted by atomic mass is 9.87. The van der Waals surface area contributed by atoms with Crippen molar-refractivity contribution in [2.24, 2.45) is 0 Å². The minimum Gasteiger partial charge on any atom is -0.354 e. The lowest BCUT2D eigenvalue weighted by Crippen LogP contribution is -2.44. The van der Waals surface area contributed by atoms with E-state index in [-0.39, 0.29) is 29.9 Å². The molecule has 2 aromatic carbocycles. The SMILES string of the molecule is C[C@H](C(=O)N1CCC[C@H]1c1ncc(-c2ccc3[nH]c4c(c3c2)CCc2cc(-c3cnc([C@@H]5CCCN5C(=O)CN(C)C)[nH]3)ccc2-4)[nH]1)N(C)C. The molecule has 2 fully saturated rings. The number of carbonyl (C=O) groups excluding carboxylic acids is 2. The van der Waals surface area contributed by atoms with Crippen LogP contribution in [-0.2, 0) is 22.4 Å². The van der Waals surface area contributed by atoms with Gasteiger partial charge in [0.05, 0.1) is 48.5 Å². The van der Waals surface area contributed by atoms with Crippen LogP contribution in [0.5, 0.6) is 0 Å². The molecule has 2 aliphatic heterocycles. The van der Waals surface area contributed by atoms with E-state index in [4.69, 9.17) is 9.97 Å². The highest BCUT2D eigenvalue weighted by atomic mass is 16.2. The number of aromatic nitrogens is 5. The maximum absolute atomic E-state index is 13.2. The summed E-state index contributed by atoms with van der Waals surface area (Å²) < 4.78 is 0. The molecule has 3 aliphatic rings. The molecule has 260 valence electrons. The average Bonchev–Trinajstić information content (AvgIpc) is 3.95. The van der Waals surface area contributed by atoms with Gasteiger partial charge < -0.3 is 29.7 Å². The lowest BCUT2D eigenvalue weighted by Gasteiger charge is -2.29.